The van der Waals surface area contributed by atoms with E-state index >= 15 is 0 Å². The van der Waals surface area contributed by atoms with E-state index < -0.39 is 11.7 Å². The van der Waals surface area contributed by atoms with E-state index in [0.29, 0.717) is 12.4 Å². The van der Waals surface area contributed by atoms with Gasteiger partial charge in [0.2, 0.25) is 5.91 Å². The number of halogens is 3. The molecule has 3 nitrogen and oxygen atoms in total. The maximum atomic E-state index is 13.0. The molecule has 2 aromatic rings. The minimum Gasteiger partial charge on any atom is -0.492 e. The molecule has 1 aliphatic carbocycles. The number of hydrogen-bond acceptors (Lipinski definition) is 2. The van der Waals surface area contributed by atoms with Crippen LogP contribution in [0.1, 0.15) is 49.3 Å². The lowest BCUT2D eigenvalue weighted by Crippen LogP contribution is -2.37. The fourth-order valence-electron chi connectivity index (χ4n) is 4.76. The molecule has 1 spiro atoms. The molecule has 1 aliphatic heterocycles. The van der Waals surface area contributed by atoms with Gasteiger partial charge >= 0.3 is 6.18 Å². The molecule has 2 aromatic carbocycles. The second-order valence-corrected chi connectivity index (χ2v) is 8.76. The Morgan fingerprint density at radius 1 is 1.13 bits per heavy atom. The number of amides is 1. The highest BCUT2D eigenvalue weighted by Crippen LogP contribution is 2.51. The number of carbonyl (C=O) groups is 1. The number of hydrogen-bond donors (Lipinski definition) is 1. The lowest BCUT2D eigenvalue weighted by atomic mass is 9.65. The van der Waals surface area contributed by atoms with E-state index in [-0.39, 0.29) is 23.2 Å². The maximum Gasteiger partial charge on any atom is 0.416 e. The maximum absolute atomic E-state index is 13.0. The molecule has 0 aromatic heterocycles. The zero-order chi connectivity index (χ0) is 21.5. The van der Waals surface area contributed by atoms with Crippen LogP contribution in [0.4, 0.5) is 18.9 Å². The van der Waals surface area contributed by atoms with Gasteiger partial charge in [0.1, 0.15) is 5.75 Å². The van der Waals surface area contributed by atoms with Crippen molar-refractivity contribution < 1.29 is 22.7 Å². The summed E-state index contributed by atoms with van der Waals surface area (Å²) in [5, 5.41) is 2.99. The van der Waals surface area contributed by atoms with Crippen molar-refractivity contribution in [1.29, 1.82) is 0 Å². The van der Waals surface area contributed by atoms with Gasteiger partial charge in [-0.1, -0.05) is 30.7 Å². The summed E-state index contributed by atoms with van der Waals surface area (Å²) >= 11 is 0. The predicted molar refractivity (Wildman–Crippen MR) is 110 cm³/mol. The number of anilines is 1. The van der Waals surface area contributed by atoms with Gasteiger partial charge in [-0.2, -0.15) is 13.2 Å². The molecule has 1 N–H and O–H groups in total. The summed E-state index contributed by atoms with van der Waals surface area (Å²) in [5.74, 6) is 0.490. The molecule has 1 fully saturated rings. The molecule has 160 valence electrons. The molecule has 0 saturated heterocycles. The first-order chi connectivity index (χ1) is 14.2. The number of aryl methyl sites for hydroxylation is 1. The quantitative estimate of drug-likeness (QED) is 0.654. The van der Waals surface area contributed by atoms with E-state index in [1.807, 2.05) is 38.1 Å². The zero-order valence-corrected chi connectivity index (χ0v) is 17.2. The van der Waals surface area contributed by atoms with Crippen LogP contribution in [0.25, 0.3) is 0 Å². The molecule has 0 radical (unpaired) electrons. The van der Waals surface area contributed by atoms with E-state index in [1.54, 1.807) is 6.07 Å². The van der Waals surface area contributed by atoms with Crippen LogP contribution in [-0.2, 0) is 16.4 Å². The van der Waals surface area contributed by atoms with Crippen LogP contribution in [0.5, 0.6) is 5.75 Å². The fraction of sp³-hybridized carbons (Fsp3) is 0.458. The molecule has 2 aliphatic rings. The minimum absolute atomic E-state index is 0.0118. The van der Waals surface area contributed by atoms with Crippen molar-refractivity contribution in [2.24, 2.45) is 11.8 Å². The Morgan fingerprint density at radius 3 is 2.43 bits per heavy atom. The van der Waals surface area contributed by atoms with Crippen LogP contribution in [0.3, 0.4) is 0 Å². The van der Waals surface area contributed by atoms with Gasteiger partial charge in [0.25, 0.3) is 0 Å². The van der Waals surface area contributed by atoms with Crippen molar-refractivity contribution in [3.63, 3.8) is 0 Å². The summed E-state index contributed by atoms with van der Waals surface area (Å²) in [7, 11) is 0. The van der Waals surface area contributed by atoms with E-state index in [4.69, 9.17) is 4.74 Å². The van der Waals surface area contributed by atoms with Crippen LogP contribution in [0, 0.1) is 18.8 Å². The second kappa shape index (κ2) is 7.64. The lowest BCUT2D eigenvalue weighted by Gasteiger charge is -2.38. The first-order valence-electron chi connectivity index (χ1n) is 10.4. The largest absolute Gasteiger partial charge is 0.492 e. The highest BCUT2D eigenvalue weighted by molar-refractivity contribution is 5.92. The Morgan fingerprint density at radius 2 is 1.80 bits per heavy atom. The molecule has 30 heavy (non-hydrogen) atoms. The second-order valence-electron chi connectivity index (χ2n) is 8.76. The monoisotopic (exact) mass is 417 g/mol. The third-order valence-corrected chi connectivity index (χ3v) is 6.81. The summed E-state index contributed by atoms with van der Waals surface area (Å²) in [6.07, 6.45) is -1.03. The van der Waals surface area contributed by atoms with Crippen molar-refractivity contribution in [3.05, 3.63) is 59.2 Å². The number of fused-ring (bicyclic) bond motifs is 2. The summed E-state index contributed by atoms with van der Waals surface area (Å²) in [4.78, 5) is 12.7. The first-order valence-corrected chi connectivity index (χ1v) is 10.4. The highest BCUT2D eigenvalue weighted by Gasteiger charge is 2.45. The SMILES string of the molecule is Cc1ccc(NC(=O)[C@H](C)[C@H]2CC[C@@]3(CC2)COc2cc(C(F)(F)F)ccc23)cc1. The van der Waals surface area contributed by atoms with Crippen molar-refractivity contribution in [2.45, 2.75) is 51.1 Å². The van der Waals surface area contributed by atoms with E-state index in [1.165, 1.54) is 0 Å². The van der Waals surface area contributed by atoms with Gasteiger partial charge in [0, 0.05) is 22.6 Å². The smallest absolute Gasteiger partial charge is 0.416 e. The van der Waals surface area contributed by atoms with Crippen LogP contribution < -0.4 is 10.1 Å². The molecule has 4 rings (SSSR count). The molecule has 0 bridgehead atoms. The number of ether oxygens (including phenoxy) is 1. The standard InChI is InChI=1S/C24H26F3NO2/c1-15-3-6-19(7-4-15)28-22(29)16(2)17-9-11-23(12-10-17)14-30-21-13-18(24(25,26)27)5-8-20(21)23/h3-8,13,16-17H,9-12,14H2,1-2H3,(H,28,29)/t16-,17-,23+/m1/s1. The highest BCUT2D eigenvalue weighted by atomic mass is 19.4. The topological polar surface area (TPSA) is 38.3 Å². The molecular formula is C24H26F3NO2. The van der Waals surface area contributed by atoms with Gasteiger partial charge in [-0.3, -0.25) is 4.79 Å². The molecule has 0 unspecified atom stereocenters. The molecular weight excluding hydrogens is 391 g/mol. The molecule has 1 heterocycles. The van der Waals surface area contributed by atoms with Crippen molar-refractivity contribution in [1.82, 2.24) is 0 Å². The molecule has 1 amide bonds. The van der Waals surface area contributed by atoms with Gasteiger partial charge in [0.15, 0.2) is 0 Å². The average molecular weight is 417 g/mol. The van der Waals surface area contributed by atoms with Gasteiger partial charge in [-0.15, -0.1) is 0 Å². The molecule has 1 saturated carbocycles. The Labute approximate surface area is 174 Å². The number of alkyl halides is 3. The average Bonchev–Trinajstić information content (AvgIpc) is 3.07. The van der Waals surface area contributed by atoms with Gasteiger partial charge in [-0.25, -0.2) is 0 Å². The number of benzene rings is 2. The predicted octanol–water partition coefficient (Wildman–Crippen LogP) is 6.11. The van der Waals surface area contributed by atoms with Crippen LogP contribution in [0.2, 0.25) is 0 Å². The Bertz CT molecular complexity index is 928. The Kier molecular flexibility index (Phi) is 5.28. The van der Waals surface area contributed by atoms with Crippen molar-refractivity contribution in [3.8, 4) is 5.75 Å². The van der Waals surface area contributed by atoms with Crippen LogP contribution in [0.15, 0.2) is 42.5 Å². The summed E-state index contributed by atoms with van der Waals surface area (Å²) in [5.41, 5.74) is 1.91. The number of rotatable bonds is 3. The first kappa shape index (κ1) is 20.8. The summed E-state index contributed by atoms with van der Waals surface area (Å²) in [6.45, 7) is 4.38. The Balaban J connectivity index is 1.41. The Hall–Kier alpha value is -2.50. The zero-order valence-electron chi connectivity index (χ0n) is 17.2. The third-order valence-electron chi connectivity index (χ3n) is 6.81. The van der Waals surface area contributed by atoms with Gasteiger partial charge in [-0.05, 0) is 62.8 Å². The third kappa shape index (κ3) is 3.92. The number of carbonyl (C=O) groups excluding carboxylic acids is 1. The van der Waals surface area contributed by atoms with E-state index in [0.717, 1.165) is 54.6 Å². The van der Waals surface area contributed by atoms with E-state index in [2.05, 4.69) is 5.32 Å². The van der Waals surface area contributed by atoms with Crippen molar-refractivity contribution >= 4 is 11.6 Å². The minimum atomic E-state index is -4.37. The molecule has 6 heteroatoms. The lowest BCUT2D eigenvalue weighted by molar-refractivity contribution is -0.137. The number of nitrogens with one attached hydrogen (secondary N) is 1. The van der Waals surface area contributed by atoms with Gasteiger partial charge in [0.05, 0.1) is 12.2 Å². The summed E-state index contributed by atoms with van der Waals surface area (Å²) < 4.78 is 44.6. The normalized spacial score (nSPS) is 24.2. The molecule has 1 atom stereocenters. The van der Waals surface area contributed by atoms with Crippen LogP contribution >= 0.6 is 0 Å². The fourth-order valence-corrected chi connectivity index (χ4v) is 4.76. The van der Waals surface area contributed by atoms with Gasteiger partial charge < -0.3 is 10.1 Å². The van der Waals surface area contributed by atoms with E-state index in [9.17, 15) is 18.0 Å². The van der Waals surface area contributed by atoms with Crippen LogP contribution in [-0.4, -0.2) is 12.5 Å². The summed E-state index contributed by atoms with van der Waals surface area (Å²) in [6, 6.07) is 11.6. The van der Waals surface area contributed by atoms with Crippen molar-refractivity contribution in [2.75, 3.05) is 11.9 Å².